The summed E-state index contributed by atoms with van der Waals surface area (Å²) < 4.78 is 5.89. The van der Waals surface area contributed by atoms with Crippen LogP contribution in [0.5, 0.6) is 0 Å². The van der Waals surface area contributed by atoms with Gasteiger partial charge in [-0.2, -0.15) is 5.06 Å². The number of morpholine rings is 1. The van der Waals surface area contributed by atoms with E-state index in [0.29, 0.717) is 0 Å². The Kier molecular flexibility index (Phi) is 4.55. The molecule has 2 fully saturated rings. The van der Waals surface area contributed by atoms with Crippen LogP contribution < -0.4 is 0 Å². The summed E-state index contributed by atoms with van der Waals surface area (Å²) in [5.74, 6) is -0.143. The summed E-state index contributed by atoms with van der Waals surface area (Å²) in [4.78, 5) is 12.7. The molecule has 4 nitrogen and oxygen atoms in total. The van der Waals surface area contributed by atoms with Gasteiger partial charge in [0.05, 0.1) is 0 Å². The van der Waals surface area contributed by atoms with Gasteiger partial charge in [-0.05, 0) is 29.9 Å². The number of cyclic esters (lactones) is 1. The van der Waals surface area contributed by atoms with Crippen molar-refractivity contribution in [3.63, 3.8) is 0 Å². The average Bonchev–Trinajstić information content (AvgIpc) is 3.17. The standard InChI is InChI=1S/C21H23NO3/c23-21-19(16-11-7-8-12-16)22(24)18(15-9-3-1-4-10-15)20(25-21)17-13-5-2-6-14-17/h1-6,9-10,13-14,16,18-20,24H,7-8,11-12H2/t18-,19-,20+/m1/s1. The van der Waals surface area contributed by atoms with Crippen molar-refractivity contribution in [2.75, 3.05) is 0 Å². The number of hydrogen-bond donors (Lipinski definition) is 1. The molecule has 2 aromatic rings. The van der Waals surface area contributed by atoms with E-state index in [9.17, 15) is 10.0 Å². The van der Waals surface area contributed by atoms with Gasteiger partial charge in [-0.1, -0.05) is 73.5 Å². The molecule has 3 atom stereocenters. The highest BCUT2D eigenvalue weighted by Gasteiger charge is 2.48. The highest BCUT2D eigenvalue weighted by molar-refractivity contribution is 5.77. The molecule has 2 aliphatic rings. The van der Waals surface area contributed by atoms with Gasteiger partial charge >= 0.3 is 5.97 Å². The Morgan fingerprint density at radius 1 is 0.840 bits per heavy atom. The second-order valence-corrected chi connectivity index (χ2v) is 6.99. The SMILES string of the molecule is O=C1O[C@@H](c2ccccc2)[C@@H](c2ccccc2)N(O)[C@@H]1C1CCCC1. The Hall–Kier alpha value is -2.17. The van der Waals surface area contributed by atoms with Crippen molar-refractivity contribution in [1.29, 1.82) is 0 Å². The highest BCUT2D eigenvalue weighted by Crippen LogP contribution is 2.44. The molecule has 2 aromatic carbocycles. The molecule has 1 saturated heterocycles. The minimum absolute atomic E-state index is 0.167. The molecule has 1 aliphatic carbocycles. The summed E-state index contributed by atoms with van der Waals surface area (Å²) in [7, 11) is 0. The second-order valence-electron chi connectivity index (χ2n) is 6.99. The molecule has 0 radical (unpaired) electrons. The van der Waals surface area contributed by atoms with Crippen LogP contribution in [0.4, 0.5) is 0 Å². The summed E-state index contributed by atoms with van der Waals surface area (Å²) >= 11 is 0. The van der Waals surface area contributed by atoms with Gasteiger partial charge in [0.1, 0.15) is 18.2 Å². The average molecular weight is 337 g/mol. The van der Waals surface area contributed by atoms with Gasteiger partial charge in [0.25, 0.3) is 0 Å². The summed E-state index contributed by atoms with van der Waals surface area (Å²) in [5, 5.41) is 12.3. The number of hydroxylamine groups is 2. The van der Waals surface area contributed by atoms with Crippen molar-refractivity contribution < 1.29 is 14.7 Å². The van der Waals surface area contributed by atoms with Crippen LogP contribution >= 0.6 is 0 Å². The van der Waals surface area contributed by atoms with E-state index in [-0.39, 0.29) is 11.9 Å². The van der Waals surface area contributed by atoms with Crippen molar-refractivity contribution in [2.24, 2.45) is 5.92 Å². The number of nitrogens with zero attached hydrogens (tertiary/aromatic N) is 1. The molecule has 1 N–H and O–H groups in total. The lowest BCUT2D eigenvalue weighted by Crippen LogP contribution is -2.53. The first-order valence-corrected chi connectivity index (χ1v) is 9.03. The van der Waals surface area contributed by atoms with Gasteiger partial charge in [0.2, 0.25) is 0 Å². The molecule has 0 amide bonds. The number of esters is 1. The minimum atomic E-state index is -0.576. The van der Waals surface area contributed by atoms with Crippen LogP contribution in [-0.2, 0) is 9.53 Å². The summed E-state index contributed by atoms with van der Waals surface area (Å²) in [5.41, 5.74) is 1.85. The van der Waals surface area contributed by atoms with Crippen molar-refractivity contribution in [1.82, 2.24) is 5.06 Å². The molecule has 4 heteroatoms. The molecular weight excluding hydrogens is 314 g/mol. The van der Waals surface area contributed by atoms with Gasteiger partial charge in [-0.3, -0.25) is 4.79 Å². The van der Waals surface area contributed by atoms with Crippen LogP contribution in [0.15, 0.2) is 60.7 Å². The maximum Gasteiger partial charge on any atom is 0.326 e. The van der Waals surface area contributed by atoms with Crippen LogP contribution in [0.2, 0.25) is 0 Å². The molecule has 0 unspecified atom stereocenters. The fraction of sp³-hybridized carbons (Fsp3) is 0.381. The zero-order valence-electron chi connectivity index (χ0n) is 14.1. The van der Waals surface area contributed by atoms with E-state index in [1.807, 2.05) is 60.7 Å². The maximum absolute atomic E-state index is 12.7. The predicted octanol–water partition coefficient (Wildman–Crippen LogP) is 4.28. The molecule has 1 saturated carbocycles. The molecule has 4 rings (SSSR count). The maximum atomic E-state index is 12.7. The first kappa shape index (κ1) is 16.3. The van der Waals surface area contributed by atoms with E-state index in [0.717, 1.165) is 36.8 Å². The van der Waals surface area contributed by atoms with Crippen LogP contribution in [0.3, 0.4) is 0 Å². The molecule has 1 heterocycles. The molecule has 1 aliphatic heterocycles. The predicted molar refractivity (Wildman–Crippen MR) is 93.8 cm³/mol. The van der Waals surface area contributed by atoms with Crippen molar-refractivity contribution in [3.8, 4) is 0 Å². The Bertz CT molecular complexity index is 712. The van der Waals surface area contributed by atoms with Crippen LogP contribution in [0.1, 0.15) is 49.0 Å². The van der Waals surface area contributed by atoms with Crippen molar-refractivity contribution in [2.45, 2.75) is 43.9 Å². The molecule has 130 valence electrons. The van der Waals surface area contributed by atoms with Gasteiger partial charge in [-0.25, -0.2) is 0 Å². The Morgan fingerprint density at radius 3 is 2.00 bits per heavy atom. The van der Waals surface area contributed by atoms with Crippen LogP contribution in [0, 0.1) is 5.92 Å². The van der Waals surface area contributed by atoms with E-state index in [4.69, 9.17) is 4.74 Å². The summed E-state index contributed by atoms with van der Waals surface area (Å²) in [6, 6.07) is 18.5. The zero-order chi connectivity index (χ0) is 17.2. The van der Waals surface area contributed by atoms with E-state index in [1.165, 1.54) is 5.06 Å². The first-order valence-electron chi connectivity index (χ1n) is 9.03. The Balaban J connectivity index is 1.73. The molecular formula is C21H23NO3. The van der Waals surface area contributed by atoms with Gasteiger partial charge < -0.3 is 9.94 Å². The highest BCUT2D eigenvalue weighted by atomic mass is 16.6. The van der Waals surface area contributed by atoms with E-state index >= 15 is 0 Å². The Labute approximate surface area is 148 Å². The topological polar surface area (TPSA) is 49.8 Å². The van der Waals surface area contributed by atoms with Crippen LogP contribution in [-0.4, -0.2) is 22.3 Å². The fourth-order valence-electron chi connectivity index (χ4n) is 4.23. The number of benzene rings is 2. The lowest BCUT2D eigenvalue weighted by Gasteiger charge is -2.43. The zero-order valence-corrected chi connectivity index (χ0v) is 14.1. The lowest BCUT2D eigenvalue weighted by molar-refractivity contribution is -0.245. The van der Waals surface area contributed by atoms with Gasteiger partial charge in [-0.15, -0.1) is 0 Å². The number of rotatable bonds is 3. The normalized spacial score (nSPS) is 28.0. The number of ether oxygens (including phenoxy) is 1. The van der Waals surface area contributed by atoms with E-state index in [1.54, 1.807) is 0 Å². The third-order valence-corrected chi connectivity index (χ3v) is 5.46. The largest absolute Gasteiger partial charge is 0.454 e. The van der Waals surface area contributed by atoms with Crippen molar-refractivity contribution in [3.05, 3.63) is 71.8 Å². The third-order valence-electron chi connectivity index (χ3n) is 5.46. The van der Waals surface area contributed by atoms with Gasteiger partial charge in [0, 0.05) is 0 Å². The molecule has 25 heavy (non-hydrogen) atoms. The third kappa shape index (κ3) is 3.08. The quantitative estimate of drug-likeness (QED) is 0.850. The fourth-order valence-corrected chi connectivity index (χ4v) is 4.23. The number of hydrogen-bond acceptors (Lipinski definition) is 4. The first-order chi connectivity index (χ1) is 12.3. The van der Waals surface area contributed by atoms with Crippen LogP contribution in [0.25, 0.3) is 0 Å². The Morgan fingerprint density at radius 2 is 1.40 bits per heavy atom. The lowest BCUT2D eigenvalue weighted by atomic mass is 9.88. The molecule has 0 spiro atoms. The molecule has 0 aromatic heterocycles. The minimum Gasteiger partial charge on any atom is -0.454 e. The second kappa shape index (κ2) is 6.98. The van der Waals surface area contributed by atoms with Crippen molar-refractivity contribution >= 4 is 5.97 Å². The number of carbonyl (C=O) groups excluding carboxylic acids is 1. The van der Waals surface area contributed by atoms with E-state index in [2.05, 4.69) is 0 Å². The smallest absolute Gasteiger partial charge is 0.326 e. The van der Waals surface area contributed by atoms with E-state index < -0.39 is 18.2 Å². The van der Waals surface area contributed by atoms with Gasteiger partial charge in [0.15, 0.2) is 0 Å². The monoisotopic (exact) mass is 337 g/mol. The number of carbonyl (C=O) groups is 1. The molecule has 0 bridgehead atoms. The summed E-state index contributed by atoms with van der Waals surface area (Å²) in [6.07, 6.45) is 3.64. The summed E-state index contributed by atoms with van der Waals surface area (Å²) in [6.45, 7) is 0.